The highest BCUT2D eigenvalue weighted by Gasteiger charge is 2.51. The van der Waals surface area contributed by atoms with Crippen LogP contribution in [0.25, 0.3) is 77.3 Å². The molecule has 0 saturated carbocycles. The van der Waals surface area contributed by atoms with Gasteiger partial charge in [-0.05, 0) is 56.3 Å². The molecule has 56 heavy (non-hydrogen) atoms. The Morgan fingerprint density at radius 2 is 0.929 bits per heavy atom. The van der Waals surface area contributed by atoms with Crippen LogP contribution in [0, 0.1) is 0 Å². The normalized spacial score (nSPS) is 13.3. The van der Waals surface area contributed by atoms with Gasteiger partial charge in [-0.1, -0.05) is 182 Å². The van der Waals surface area contributed by atoms with E-state index in [-0.39, 0.29) is 0 Å². The van der Waals surface area contributed by atoms with Crippen molar-refractivity contribution in [3.8, 4) is 56.4 Å². The summed E-state index contributed by atoms with van der Waals surface area (Å²) in [5.74, 6) is 2.57. The van der Waals surface area contributed by atoms with Crippen LogP contribution < -0.4 is 4.74 Å². The largest absolute Gasteiger partial charge is 0.455 e. The van der Waals surface area contributed by atoms with Crippen LogP contribution in [0.1, 0.15) is 22.3 Å². The predicted molar refractivity (Wildman–Crippen MR) is 228 cm³/mol. The molecule has 2 aliphatic rings. The Balaban J connectivity index is 1.06. The zero-order valence-corrected chi connectivity index (χ0v) is 30.3. The van der Waals surface area contributed by atoms with Crippen LogP contribution in [0.2, 0.25) is 0 Å². The van der Waals surface area contributed by atoms with Crippen molar-refractivity contribution < 1.29 is 4.74 Å². The van der Waals surface area contributed by atoms with Gasteiger partial charge in [-0.25, -0.2) is 9.97 Å². The summed E-state index contributed by atoms with van der Waals surface area (Å²) in [6.45, 7) is 0. The van der Waals surface area contributed by atoms with E-state index >= 15 is 0 Å². The summed E-state index contributed by atoms with van der Waals surface area (Å²) in [5, 5.41) is 5.61. The highest BCUT2D eigenvalue weighted by atomic mass is 16.5. The van der Waals surface area contributed by atoms with Crippen molar-refractivity contribution >= 4 is 32.4 Å². The van der Waals surface area contributed by atoms with Gasteiger partial charge in [-0.2, -0.15) is 0 Å². The molecule has 3 nitrogen and oxygen atoms in total. The van der Waals surface area contributed by atoms with E-state index in [1.165, 1.54) is 33.4 Å². The number of aromatic nitrogens is 2. The van der Waals surface area contributed by atoms with Gasteiger partial charge >= 0.3 is 0 Å². The van der Waals surface area contributed by atoms with Crippen molar-refractivity contribution in [3.63, 3.8) is 0 Å². The van der Waals surface area contributed by atoms with Crippen molar-refractivity contribution in [2.45, 2.75) is 5.41 Å². The number of ether oxygens (including phenoxy) is 1. The third-order valence-electron chi connectivity index (χ3n) is 11.9. The van der Waals surface area contributed by atoms with Crippen LogP contribution in [0.4, 0.5) is 0 Å². The summed E-state index contributed by atoms with van der Waals surface area (Å²) in [5.41, 5.74) is 13.0. The Morgan fingerprint density at radius 1 is 0.357 bits per heavy atom. The lowest BCUT2D eigenvalue weighted by Crippen LogP contribution is -2.32. The number of benzene rings is 9. The van der Waals surface area contributed by atoms with Gasteiger partial charge in [0.1, 0.15) is 11.5 Å². The van der Waals surface area contributed by atoms with Gasteiger partial charge in [0.05, 0.1) is 16.6 Å². The SMILES string of the molecule is c1ccc(-c2nc(-c3ccc(-c4ccc5c(c4)C4(c6ccccc6-5)c5ccc6ccccc6c5Oc5c4ccc4ccccc54)cc3)nc3ccccc23)cc1. The molecule has 1 aliphatic heterocycles. The highest BCUT2D eigenvalue weighted by Crippen LogP contribution is 2.64. The third-order valence-corrected chi connectivity index (χ3v) is 11.9. The molecule has 0 N–H and O–H groups in total. The molecule has 0 bridgehead atoms. The van der Waals surface area contributed by atoms with E-state index in [9.17, 15) is 0 Å². The minimum absolute atomic E-state index is 0.592. The summed E-state index contributed by atoms with van der Waals surface area (Å²) in [6, 6.07) is 69.6. The molecule has 9 aromatic carbocycles. The van der Waals surface area contributed by atoms with Gasteiger partial charge in [-0.3, -0.25) is 0 Å². The number of para-hydroxylation sites is 1. The molecule has 0 fully saturated rings. The summed E-state index contributed by atoms with van der Waals surface area (Å²) < 4.78 is 7.14. The second-order valence-electron chi connectivity index (χ2n) is 14.8. The van der Waals surface area contributed by atoms with Crippen molar-refractivity contribution in [1.29, 1.82) is 0 Å². The summed E-state index contributed by atoms with van der Waals surface area (Å²) >= 11 is 0. The molecule has 2 heterocycles. The van der Waals surface area contributed by atoms with Gasteiger partial charge in [0.2, 0.25) is 0 Å². The van der Waals surface area contributed by atoms with E-state index in [2.05, 4.69) is 176 Å². The third kappa shape index (κ3) is 4.34. The first-order valence-corrected chi connectivity index (χ1v) is 19.2. The molecule has 12 rings (SSSR count). The van der Waals surface area contributed by atoms with E-state index in [1.807, 2.05) is 18.2 Å². The lowest BCUT2D eigenvalue weighted by atomic mass is 9.65. The molecule has 10 aromatic rings. The lowest BCUT2D eigenvalue weighted by Gasteiger charge is -2.40. The van der Waals surface area contributed by atoms with E-state index in [0.29, 0.717) is 5.82 Å². The van der Waals surface area contributed by atoms with Crippen LogP contribution in [-0.2, 0) is 5.41 Å². The smallest absolute Gasteiger partial charge is 0.160 e. The van der Waals surface area contributed by atoms with Gasteiger partial charge in [-0.15, -0.1) is 0 Å². The van der Waals surface area contributed by atoms with Crippen LogP contribution in [0.3, 0.4) is 0 Å². The van der Waals surface area contributed by atoms with E-state index in [4.69, 9.17) is 14.7 Å². The maximum absolute atomic E-state index is 7.14. The molecule has 0 radical (unpaired) electrons. The molecule has 1 aromatic heterocycles. The first kappa shape index (κ1) is 31.0. The fourth-order valence-electron chi connectivity index (χ4n) is 9.42. The fraction of sp³-hybridized carbons (Fsp3) is 0.0189. The van der Waals surface area contributed by atoms with Crippen LogP contribution in [0.5, 0.6) is 11.5 Å². The molecule has 3 heteroatoms. The minimum Gasteiger partial charge on any atom is -0.455 e. The first-order chi connectivity index (χ1) is 27.8. The van der Waals surface area contributed by atoms with Gasteiger partial charge in [0.25, 0.3) is 0 Å². The average molecular weight is 713 g/mol. The Kier molecular flexibility index (Phi) is 6.55. The summed E-state index contributed by atoms with van der Waals surface area (Å²) in [4.78, 5) is 10.2. The highest BCUT2D eigenvalue weighted by molar-refractivity contribution is 6.00. The Labute approximate surface area is 324 Å². The van der Waals surface area contributed by atoms with E-state index < -0.39 is 5.41 Å². The van der Waals surface area contributed by atoms with Crippen LogP contribution in [0.15, 0.2) is 194 Å². The van der Waals surface area contributed by atoms with Crippen molar-refractivity contribution in [2.24, 2.45) is 0 Å². The van der Waals surface area contributed by atoms with Gasteiger partial charge in [0, 0.05) is 38.4 Å². The maximum atomic E-state index is 7.14. The Hall–Kier alpha value is -7.36. The second kappa shape index (κ2) is 11.8. The van der Waals surface area contributed by atoms with Crippen molar-refractivity contribution in [2.75, 3.05) is 0 Å². The van der Waals surface area contributed by atoms with Crippen molar-refractivity contribution in [3.05, 3.63) is 216 Å². The van der Waals surface area contributed by atoms with Gasteiger partial charge in [0.15, 0.2) is 5.82 Å². The van der Waals surface area contributed by atoms with Crippen LogP contribution >= 0.6 is 0 Å². The molecular formula is C53H32N2O. The molecule has 1 aliphatic carbocycles. The van der Waals surface area contributed by atoms with Crippen molar-refractivity contribution in [1.82, 2.24) is 9.97 Å². The maximum Gasteiger partial charge on any atom is 0.160 e. The zero-order valence-electron chi connectivity index (χ0n) is 30.3. The van der Waals surface area contributed by atoms with E-state index in [1.54, 1.807) is 0 Å². The van der Waals surface area contributed by atoms with Crippen LogP contribution in [-0.4, -0.2) is 9.97 Å². The number of fused-ring (bicyclic) bond motifs is 14. The number of hydrogen-bond donors (Lipinski definition) is 0. The lowest BCUT2D eigenvalue weighted by molar-refractivity contribution is 0.447. The van der Waals surface area contributed by atoms with Gasteiger partial charge < -0.3 is 4.74 Å². The van der Waals surface area contributed by atoms with E-state index in [0.717, 1.165) is 71.9 Å². The molecule has 0 atom stereocenters. The summed E-state index contributed by atoms with van der Waals surface area (Å²) in [6.07, 6.45) is 0. The number of hydrogen-bond acceptors (Lipinski definition) is 3. The quantitative estimate of drug-likeness (QED) is 0.183. The molecule has 0 saturated heterocycles. The number of rotatable bonds is 3. The standard InChI is InChI=1S/C53H32N2O/c1-2-14-36(15-3-1)49-43-19-9-11-21-48(43)54-52(55-49)37-24-22-33(23-25-37)38-26-29-42-41-18-8-10-20-44(41)53(47(42)32-38)45-30-27-34-12-4-6-16-39(34)50(45)56-51-40-17-7-5-13-35(40)28-31-46(51)53/h1-32H. The molecule has 0 unspecified atom stereocenters. The topological polar surface area (TPSA) is 35.0 Å². The fourth-order valence-corrected chi connectivity index (χ4v) is 9.42. The average Bonchev–Trinajstić information content (AvgIpc) is 3.56. The number of nitrogens with zero attached hydrogens (tertiary/aromatic N) is 2. The first-order valence-electron chi connectivity index (χ1n) is 19.2. The monoisotopic (exact) mass is 712 g/mol. The molecule has 260 valence electrons. The Morgan fingerprint density at radius 3 is 1.66 bits per heavy atom. The molecule has 0 amide bonds. The zero-order chi connectivity index (χ0) is 36.8. The predicted octanol–water partition coefficient (Wildman–Crippen LogP) is 13.4. The molecular weight excluding hydrogens is 681 g/mol. The summed E-state index contributed by atoms with van der Waals surface area (Å²) in [7, 11) is 0. The minimum atomic E-state index is -0.592. The second-order valence-corrected chi connectivity index (χ2v) is 14.8. The molecule has 1 spiro atoms. The Bertz CT molecular complexity index is 3140.